The molecule has 0 saturated heterocycles. The van der Waals surface area contributed by atoms with Crippen molar-refractivity contribution in [3.8, 4) is 0 Å². The summed E-state index contributed by atoms with van der Waals surface area (Å²) >= 11 is 6.01. The molecule has 2 rings (SSSR count). The highest BCUT2D eigenvalue weighted by atomic mass is 35.5. The molecule has 23 heavy (non-hydrogen) atoms. The molecular formula is C17H21ClN2O3. The summed E-state index contributed by atoms with van der Waals surface area (Å²) in [6.45, 7) is 4.10. The number of nitrogens with zero attached hydrogens (tertiary/aromatic N) is 1. The van der Waals surface area contributed by atoms with E-state index in [0.717, 1.165) is 10.9 Å². The van der Waals surface area contributed by atoms with Crippen molar-refractivity contribution in [2.75, 3.05) is 7.11 Å². The molecular weight excluding hydrogens is 316 g/mol. The van der Waals surface area contributed by atoms with Gasteiger partial charge in [0.15, 0.2) is 0 Å². The van der Waals surface area contributed by atoms with Crippen molar-refractivity contribution in [1.82, 2.24) is 9.88 Å². The van der Waals surface area contributed by atoms with Crippen LogP contribution < -0.4 is 5.32 Å². The van der Waals surface area contributed by atoms with E-state index in [9.17, 15) is 9.59 Å². The number of rotatable bonds is 6. The molecule has 1 N–H and O–H groups in total. The summed E-state index contributed by atoms with van der Waals surface area (Å²) in [6.07, 6.45) is 2.37. The Hall–Kier alpha value is -2.01. The average Bonchev–Trinajstić information content (AvgIpc) is 2.87. The van der Waals surface area contributed by atoms with Gasteiger partial charge in [0.2, 0.25) is 5.91 Å². The van der Waals surface area contributed by atoms with Crippen molar-refractivity contribution >= 4 is 34.4 Å². The average molecular weight is 337 g/mol. The number of benzene rings is 1. The fraction of sp³-hybridized carbons (Fsp3) is 0.412. The quantitative estimate of drug-likeness (QED) is 0.825. The SMILES string of the molecule is COC(=O)[C@@H](CC(C)C)NC(=O)Cn1ccc2ccc(Cl)cc21. The largest absolute Gasteiger partial charge is 0.467 e. The minimum absolute atomic E-state index is 0.120. The van der Waals surface area contributed by atoms with Crippen molar-refractivity contribution in [1.29, 1.82) is 0 Å². The van der Waals surface area contributed by atoms with Gasteiger partial charge < -0.3 is 14.6 Å². The number of amides is 1. The van der Waals surface area contributed by atoms with Gasteiger partial charge in [0.25, 0.3) is 0 Å². The lowest BCUT2D eigenvalue weighted by molar-refractivity contribution is -0.145. The molecule has 0 aliphatic carbocycles. The first-order valence-electron chi connectivity index (χ1n) is 7.52. The minimum atomic E-state index is -0.627. The lowest BCUT2D eigenvalue weighted by Gasteiger charge is -2.18. The Bertz CT molecular complexity index is 709. The second-order valence-electron chi connectivity index (χ2n) is 5.92. The first-order chi connectivity index (χ1) is 10.9. The van der Waals surface area contributed by atoms with Gasteiger partial charge in [0, 0.05) is 16.7 Å². The fourth-order valence-corrected chi connectivity index (χ4v) is 2.68. The zero-order valence-corrected chi connectivity index (χ0v) is 14.3. The van der Waals surface area contributed by atoms with E-state index in [-0.39, 0.29) is 18.4 Å². The molecule has 1 atom stereocenters. The van der Waals surface area contributed by atoms with E-state index in [2.05, 4.69) is 5.32 Å². The van der Waals surface area contributed by atoms with E-state index in [1.54, 1.807) is 4.57 Å². The Labute approximate surface area is 140 Å². The highest BCUT2D eigenvalue weighted by Crippen LogP contribution is 2.20. The molecule has 0 saturated carbocycles. The van der Waals surface area contributed by atoms with Crippen molar-refractivity contribution in [2.45, 2.75) is 32.9 Å². The van der Waals surface area contributed by atoms with E-state index in [0.29, 0.717) is 11.4 Å². The van der Waals surface area contributed by atoms with Crippen LogP contribution in [-0.4, -0.2) is 29.6 Å². The third-order valence-electron chi connectivity index (χ3n) is 3.58. The maximum Gasteiger partial charge on any atom is 0.328 e. The number of esters is 1. The molecule has 124 valence electrons. The van der Waals surface area contributed by atoms with Crippen LogP contribution in [0.25, 0.3) is 10.9 Å². The second kappa shape index (κ2) is 7.51. The van der Waals surface area contributed by atoms with Crippen molar-refractivity contribution in [3.05, 3.63) is 35.5 Å². The number of hydrogen-bond acceptors (Lipinski definition) is 3. The number of nitrogens with one attached hydrogen (secondary N) is 1. The molecule has 0 unspecified atom stereocenters. The topological polar surface area (TPSA) is 60.3 Å². The molecule has 0 aliphatic rings. The molecule has 0 bridgehead atoms. The number of hydrogen-bond donors (Lipinski definition) is 1. The van der Waals surface area contributed by atoms with Crippen LogP contribution in [-0.2, 0) is 20.9 Å². The van der Waals surface area contributed by atoms with Crippen LogP contribution in [0, 0.1) is 5.92 Å². The first-order valence-corrected chi connectivity index (χ1v) is 7.90. The molecule has 6 heteroatoms. The first kappa shape index (κ1) is 17.3. The molecule has 2 aromatic rings. The Kier molecular flexibility index (Phi) is 5.66. The normalized spacial score (nSPS) is 12.4. The maximum atomic E-state index is 12.3. The molecule has 1 amide bonds. The Balaban J connectivity index is 2.10. The highest BCUT2D eigenvalue weighted by molar-refractivity contribution is 6.31. The maximum absolute atomic E-state index is 12.3. The van der Waals surface area contributed by atoms with Gasteiger partial charge in [0.05, 0.1) is 7.11 Å². The number of carbonyl (C=O) groups is 2. The number of aromatic nitrogens is 1. The summed E-state index contributed by atoms with van der Waals surface area (Å²) in [7, 11) is 1.32. The standard InChI is InChI=1S/C17H21ClN2O3/c1-11(2)8-14(17(22)23-3)19-16(21)10-20-7-6-12-4-5-13(18)9-15(12)20/h4-7,9,11,14H,8,10H2,1-3H3,(H,19,21)/t14-/m1/s1. The third-order valence-corrected chi connectivity index (χ3v) is 3.81. The third kappa shape index (κ3) is 4.48. The number of fused-ring (bicyclic) bond motifs is 1. The Morgan fingerprint density at radius 2 is 2.04 bits per heavy atom. The summed E-state index contributed by atoms with van der Waals surface area (Å²) < 4.78 is 6.56. The van der Waals surface area contributed by atoms with E-state index >= 15 is 0 Å². The summed E-state index contributed by atoms with van der Waals surface area (Å²) in [5.74, 6) is -0.392. The van der Waals surface area contributed by atoms with E-state index in [4.69, 9.17) is 16.3 Å². The Morgan fingerprint density at radius 1 is 1.30 bits per heavy atom. The molecule has 0 fully saturated rings. The van der Waals surface area contributed by atoms with Crippen LogP contribution in [0.5, 0.6) is 0 Å². The molecule has 5 nitrogen and oxygen atoms in total. The molecule has 1 heterocycles. The lowest BCUT2D eigenvalue weighted by atomic mass is 10.0. The van der Waals surface area contributed by atoms with Gasteiger partial charge in [-0.15, -0.1) is 0 Å². The minimum Gasteiger partial charge on any atom is -0.467 e. The van der Waals surface area contributed by atoms with E-state index in [1.807, 2.05) is 44.3 Å². The zero-order chi connectivity index (χ0) is 17.0. The predicted octanol–water partition coefficient (Wildman–Crippen LogP) is 3.00. The monoisotopic (exact) mass is 336 g/mol. The second-order valence-corrected chi connectivity index (χ2v) is 6.36. The summed E-state index contributed by atoms with van der Waals surface area (Å²) in [6, 6.07) is 6.82. The molecule has 1 aromatic heterocycles. The van der Waals surface area contributed by atoms with Gasteiger partial charge in [0.1, 0.15) is 12.6 Å². The van der Waals surface area contributed by atoms with Gasteiger partial charge in [-0.2, -0.15) is 0 Å². The van der Waals surface area contributed by atoms with Crippen molar-refractivity contribution in [3.63, 3.8) is 0 Å². The summed E-state index contributed by atoms with van der Waals surface area (Å²) in [5, 5.41) is 4.37. The fourth-order valence-electron chi connectivity index (χ4n) is 2.52. The molecule has 0 radical (unpaired) electrons. The van der Waals surface area contributed by atoms with E-state index in [1.165, 1.54) is 7.11 Å². The van der Waals surface area contributed by atoms with Crippen molar-refractivity contribution in [2.24, 2.45) is 5.92 Å². The summed E-state index contributed by atoms with van der Waals surface area (Å²) in [5.41, 5.74) is 0.881. The molecule has 1 aromatic carbocycles. The van der Waals surface area contributed by atoms with Crippen LogP contribution in [0.2, 0.25) is 5.02 Å². The van der Waals surface area contributed by atoms with Crippen molar-refractivity contribution < 1.29 is 14.3 Å². The number of carbonyl (C=O) groups excluding carboxylic acids is 2. The smallest absolute Gasteiger partial charge is 0.328 e. The number of halogens is 1. The van der Waals surface area contributed by atoms with Crippen LogP contribution in [0.3, 0.4) is 0 Å². The highest BCUT2D eigenvalue weighted by Gasteiger charge is 2.22. The van der Waals surface area contributed by atoms with Crippen LogP contribution in [0.4, 0.5) is 0 Å². The molecule has 0 spiro atoms. The molecule has 0 aliphatic heterocycles. The van der Waals surface area contributed by atoms with Gasteiger partial charge in [-0.25, -0.2) is 4.79 Å². The summed E-state index contributed by atoms with van der Waals surface area (Å²) in [4.78, 5) is 24.1. The van der Waals surface area contributed by atoms with Gasteiger partial charge >= 0.3 is 5.97 Å². The van der Waals surface area contributed by atoms with E-state index < -0.39 is 12.0 Å². The number of ether oxygens (including phenoxy) is 1. The zero-order valence-electron chi connectivity index (χ0n) is 13.5. The number of methoxy groups -OCH3 is 1. The Morgan fingerprint density at radius 3 is 2.70 bits per heavy atom. The van der Waals surface area contributed by atoms with Gasteiger partial charge in [-0.3, -0.25) is 4.79 Å². The van der Waals surface area contributed by atoms with Crippen LogP contribution in [0.15, 0.2) is 30.5 Å². The van der Waals surface area contributed by atoms with Crippen LogP contribution in [0.1, 0.15) is 20.3 Å². The van der Waals surface area contributed by atoms with Gasteiger partial charge in [-0.1, -0.05) is 31.5 Å². The van der Waals surface area contributed by atoms with Gasteiger partial charge in [-0.05, 0) is 35.9 Å². The predicted molar refractivity (Wildman–Crippen MR) is 90.3 cm³/mol. The van der Waals surface area contributed by atoms with Crippen LogP contribution >= 0.6 is 11.6 Å². The lowest BCUT2D eigenvalue weighted by Crippen LogP contribution is -2.43.